The second kappa shape index (κ2) is 10.0. The van der Waals surface area contributed by atoms with E-state index in [0.29, 0.717) is 32.1 Å². The highest BCUT2D eigenvalue weighted by Crippen LogP contribution is 2.21. The Hall–Kier alpha value is -2.48. The Balaban J connectivity index is 1.89. The molecule has 0 bridgehead atoms. The molecular formula is C19H31N5O3. The number of methoxy groups -OCH3 is 1. The van der Waals surface area contributed by atoms with Crippen LogP contribution in [-0.2, 0) is 6.54 Å². The second-order valence-electron chi connectivity index (χ2n) is 7.00. The third kappa shape index (κ3) is 6.02. The number of benzene rings is 1. The topological polar surface area (TPSA) is 85.9 Å². The second-order valence-corrected chi connectivity index (χ2v) is 7.00. The average Bonchev–Trinajstić information content (AvgIpc) is 2.70. The predicted molar refractivity (Wildman–Crippen MR) is 105 cm³/mol. The number of rotatable bonds is 6. The van der Waals surface area contributed by atoms with Crippen LogP contribution in [0.15, 0.2) is 24.3 Å². The van der Waals surface area contributed by atoms with Crippen LogP contribution in [0.5, 0.6) is 5.75 Å². The summed E-state index contributed by atoms with van der Waals surface area (Å²) < 4.78 is 5.22. The monoisotopic (exact) mass is 377 g/mol. The van der Waals surface area contributed by atoms with Crippen molar-refractivity contribution >= 4 is 12.1 Å². The number of amides is 4. The molecule has 0 unspecified atom stereocenters. The summed E-state index contributed by atoms with van der Waals surface area (Å²) >= 11 is 0. The molecule has 150 valence electrons. The Kier molecular flexibility index (Phi) is 7.72. The van der Waals surface area contributed by atoms with Crippen molar-refractivity contribution < 1.29 is 14.3 Å². The summed E-state index contributed by atoms with van der Waals surface area (Å²) in [5.41, 5.74) is 0.997. The molecule has 4 amide bonds. The Morgan fingerprint density at radius 2 is 2.07 bits per heavy atom. The van der Waals surface area contributed by atoms with Gasteiger partial charge in [0, 0.05) is 39.3 Å². The van der Waals surface area contributed by atoms with Crippen molar-refractivity contribution in [1.29, 1.82) is 0 Å². The molecule has 3 N–H and O–H groups in total. The Morgan fingerprint density at radius 3 is 2.74 bits per heavy atom. The highest BCUT2D eigenvalue weighted by molar-refractivity contribution is 5.74. The van der Waals surface area contributed by atoms with E-state index in [1.807, 2.05) is 43.3 Å². The molecule has 1 aliphatic rings. The van der Waals surface area contributed by atoms with Gasteiger partial charge in [0.25, 0.3) is 0 Å². The van der Waals surface area contributed by atoms with Gasteiger partial charge >= 0.3 is 12.1 Å². The number of nitrogens with one attached hydrogen (secondary N) is 3. The smallest absolute Gasteiger partial charge is 0.317 e. The first kappa shape index (κ1) is 20.8. The molecule has 1 saturated heterocycles. The predicted octanol–water partition coefficient (Wildman–Crippen LogP) is 1.09. The van der Waals surface area contributed by atoms with Crippen molar-refractivity contribution in [2.24, 2.45) is 5.92 Å². The van der Waals surface area contributed by atoms with E-state index in [2.05, 4.69) is 20.9 Å². The molecule has 0 spiro atoms. The van der Waals surface area contributed by atoms with Gasteiger partial charge in [-0.1, -0.05) is 12.1 Å². The normalized spacial score (nSPS) is 19.5. The van der Waals surface area contributed by atoms with Crippen molar-refractivity contribution in [3.05, 3.63) is 29.8 Å². The fourth-order valence-electron chi connectivity index (χ4n) is 3.37. The van der Waals surface area contributed by atoms with Gasteiger partial charge in [0.05, 0.1) is 7.11 Å². The van der Waals surface area contributed by atoms with Crippen LogP contribution in [0.25, 0.3) is 0 Å². The number of nitrogens with zero attached hydrogens (tertiary/aromatic N) is 2. The molecule has 0 aliphatic carbocycles. The van der Waals surface area contributed by atoms with Gasteiger partial charge in [0.1, 0.15) is 5.75 Å². The molecular weight excluding hydrogens is 346 g/mol. The average molecular weight is 377 g/mol. The number of likely N-dealkylation sites (tertiary alicyclic amines) is 1. The van der Waals surface area contributed by atoms with E-state index in [0.717, 1.165) is 17.7 Å². The fourth-order valence-corrected chi connectivity index (χ4v) is 3.37. The highest BCUT2D eigenvalue weighted by atomic mass is 16.5. The quantitative estimate of drug-likeness (QED) is 0.693. The summed E-state index contributed by atoms with van der Waals surface area (Å²) in [5, 5.41) is 8.44. The van der Waals surface area contributed by atoms with E-state index in [9.17, 15) is 9.59 Å². The minimum absolute atomic E-state index is 0.0672. The third-order valence-corrected chi connectivity index (χ3v) is 5.00. The van der Waals surface area contributed by atoms with Crippen molar-refractivity contribution in [2.75, 3.05) is 47.9 Å². The van der Waals surface area contributed by atoms with Crippen LogP contribution < -0.4 is 20.7 Å². The van der Waals surface area contributed by atoms with E-state index in [4.69, 9.17) is 4.74 Å². The zero-order chi connectivity index (χ0) is 19.8. The lowest BCUT2D eigenvalue weighted by atomic mass is 9.90. The summed E-state index contributed by atoms with van der Waals surface area (Å²) in [4.78, 5) is 28.0. The molecule has 8 heteroatoms. The van der Waals surface area contributed by atoms with Crippen LogP contribution in [0.3, 0.4) is 0 Å². The van der Waals surface area contributed by atoms with E-state index < -0.39 is 0 Å². The number of likely N-dealkylation sites (N-methyl/N-ethyl adjacent to an activating group) is 1. The van der Waals surface area contributed by atoms with E-state index in [1.165, 1.54) is 0 Å². The lowest BCUT2D eigenvalue weighted by Gasteiger charge is -2.41. The highest BCUT2D eigenvalue weighted by Gasteiger charge is 2.32. The molecule has 1 aromatic carbocycles. The summed E-state index contributed by atoms with van der Waals surface area (Å²) in [6.45, 7) is 2.37. The Bertz CT molecular complexity index is 638. The molecule has 2 atom stereocenters. The van der Waals surface area contributed by atoms with E-state index in [1.54, 1.807) is 14.2 Å². The Morgan fingerprint density at radius 1 is 1.30 bits per heavy atom. The lowest BCUT2D eigenvalue weighted by Crippen LogP contribution is -2.56. The maximum absolute atomic E-state index is 12.6. The van der Waals surface area contributed by atoms with Gasteiger partial charge in [-0.3, -0.25) is 0 Å². The van der Waals surface area contributed by atoms with E-state index >= 15 is 0 Å². The van der Waals surface area contributed by atoms with Crippen LogP contribution in [-0.4, -0.2) is 75.8 Å². The van der Waals surface area contributed by atoms with Crippen molar-refractivity contribution in [3.63, 3.8) is 0 Å². The van der Waals surface area contributed by atoms with Gasteiger partial charge in [-0.2, -0.15) is 0 Å². The molecule has 1 fully saturated rings. The maximum Gasteiger partial charge on any atom is 0.317 e. The lowest BCUT2D eigenvalue weighted by molar-refractivity contribution is 0.0966. The molecule has 0 aromatic heterocycles. The summed E-state index contributed by atoms with van der Waals surface area (Å²) in [7, 11) is 7.25. The third-order valence-electron chi connectivity index (χ3n) is 5.00. The van der Waals surface area contributed by atoms with Crippen molar-refractivity contribution in [1.82, 2.24) is 25.8 Å². The first-order valence-corrected chi connectivity index (χ1v) is 9.22. The Labute approximate surface area is 161 Å². The fraction of sp³-hybridized carbons (Fsp3) is 0.579. The maximum atomic E-state index is 12.6. The summed E-state index contributed by atoms with van der Waals surface area (Å²) in [6.07, 6.45) is 0.847. The van der Waals surface area contributed by atoms with Crippen LogP contribution in [0.2, 0.25) is 0 Å². The van der Waals surface area contributed by atoms with Gasteiger partial charge in [-0.15, -0.1) is 0 Å². The number of hydrogen-bond acceptors (Lipinski definition) is 4. The first-order chi connectivity index (χ1) is 12.9. The number of urea groups is 2. The number of carbonyl (C=O) groups is 2. The van der Waals surface area contributed by atoms with E-state index in [-0.39, 0.29) is 18.1 Å². The number of hydrogen-bond donors (Lipinski definition) is 3. The minimum Gasteiger partial charge on any atom is -0.497 e. The SMILES string of the molecule is CNC(=O)NC[C@H]1CCN(C(=O)NCc2cccc(OC)c2)C[C@H]1N(C)C. The van der Waals surface area contributed by atoms with Gasteiger partial charge in [-0.25, -0.2) is 9.59 Å². The van der Waals surface area contributed by atoms with Crippen molar-refractivity contribution in [2.45, 2.75) is 19.0 Å². The minimum atomic E-state index is -0.175. The molecule has 1 aromatic rings. The molecule has 8 nitrogen and oxygen atoms in total. The molecule has 1 aliphatic heterocycles. The standard InChI is InChI=1S/C19H31N5O3/c1-20-18(25)21-12-15-8-9-24(13-17(15)23(2)3)19(26)22-11-14-6-5-7-16(10-14)27-4/h5-7,10,15,17H,8-9,11-13H2,1-4H3,(H,22,26)(H2,20,21,25)/t15-,17-/m1/s1. The molecule has 0 saturated carbocycles. The zero-order valence-corrected chi connectivity index (χ0v) is 16.6. The van der Waals surface area contributed by atoms with Gasteiger partial charge < -0.3 is 30.5 Å². The molecule has 1 heterocycles. The van der Waals surface area contributed by atoms with Crippen LogP contribution in [0, 0.1) is 5.92 Å². The van der Waals surface area contributed by atoms with Gasteiger partial charge in [0.15, 0.2) is 0 Å². The van der Waals surface area contributed by atoms with Crippen LogP contribution in [0.1, 0.15) is 12.0 Å². The number of piperidine rings is 1. The first-order valence-electron chi connectivity index (χ1n) is 9.22. The van der Waals surface area contributed by atoms with Gasteiger partial charge in [-0.05, 0) is 44.1 Å². The molecule has 0 radical (unpaired) electrons. The number of ether oxygens (including phenoxy) is 1. The largest absolute Gasteiger partial charge is 0.497 e. The van der Waals surface area contributed by atoms with Crippen LogP contribution >= 0.6 is 0 Å². The van der Waals surface area contributed by atoms with Gasteiger partial charge in [0.2, 0.25) is 0 Å². The molecule has 2 rings (SSSR count). The van der Waals surface area contributed by atoms with Crippen molar-refractivity contribution in [3.8, 4) is 5.75 Å². The van der Waals surface area contributed by atoms with Crippen LogP contribution in [0.4, 0.5) is 9.59 Å². The number of carbonyl (C=O) groups excluding carboxylic acids is 2. The zero-order valence-electron chi connectivity index (χ0n) is 16.6. The molecule has 27 heavy (non-hydrogen) atoms. The summed E-state index contributed by atoms with van der Waals surface area (Å²) in [5.74, 6) is 1.08. The summed E-state index contributed by atoms with van der Waals surface area (Å²) in [6, 6.07) is 7.62.